The van der Waals surface area contributed by atoms with Gasteiger partial charge >= 0.3 is 11.9 Å². The van der Waals surface area contributed by atoms with Crippen molar-refractivity contribution >= 4 is 11.9 Å². The summed E-state index contributed by atoms with van der Waals surface area (Å²) in [5, 5.41) is 0. The standard InChI is InChI=1S/C13H16O5/c1-10(2)13(15)17-8-4-6-12(14)18-9-11-5-3-7-16-11/h3,5,7H,1,4,6,8-9H2,2H3. The van der Waals surface area contributed by atoms with E-state index >= 15 is 0 Å². The van der Waals surface area contributed by atoms with Crippen LogP contribution >= 0.6 is 0 Å². The molecular weight excluding hydrogens is 236 g/mol. The van der Waals surface area contributed by atoms with Crippen LogP contribution in [0, 0.1) is 0 Å². The predicted molar refractivity (Wildman–Crippen MR) is 63.5 cm³/mol. The average molecular weight is 252 g/mol. The van der Waals surface area contributed by atoms with Gasteiger partial charge in [0, 0.05) is 12.0 Å². The van der Waals surface area contributed by atoms with Crippen molar-refractivity contribution in [1.82, 2.24) is 0 Å². The molecule has 0 unspecified atom stereocenters. The van der Waals surface area contributed by atoms with Crippen molar-refractivity contribution in [1.29, 1.82) is 0 Å². The lowest BCUT2D eigenvalue weighted by Gasteiger charge is -2.04. The summed E-state index contributed by atoms with van der Waals surface area (Å²) < 4.78 is 14.8. The van der Waals surface area contributed by atoms with Crippen LogP contribution in [0.2, 0.25) is 0 Å². The molecule has 0 saturated heterocycles. The molecule has 1 rings (SSSR count). The molecule has 0 aliphatic rings. The van der Waals surface area contributed by atoms with Gasteiger partial charge in [-0.2, -0.15) is 0 Å². The molecule has 1 aromatic rings. The Morgan fingerprint density at radius 1 is 1.39 bits per heavy atom. The molecule has 0 N–H and O–H groups in total. The first-order chi connectivity index (χ1) is 8.59. The van der Waals surface area contributed by atoms with Gasteiger partial charge in [0.05, 0.1) is 12.9 Å². The van der Waals surface area contributed by atoms with E-state index in [0.717, 1.165) is 0 Å². The van der Waals surface area contributed by atoms with E-state index in [9.17, 15) is 9.59 Å². The van der Waals surface area contributed by atoms with Crippen LogP contribution in [0.25, 0.3) is 0 Å². The van der Waals surface area contributed by atoms with E-state index < -0.39 is 5.97 Å². The summed E-state index contributed by atoms with van der Waals surface area (Å²) in [6.07, 6.45) is 2.14. The maximum Gasteiger partial charge on any atom is 0.333 e. The zero-order valence-corrected chi connectivity index (χ0v) is 10.3. The van der Waals surface area contributed by atoms with E-state index in [4.69, 9.17) is 13.9 Å². The van der Waals surface area contributed by atoms with Crippen LogP contribution < -0.4 is 0 Å². The molecule has 0 atom stereocenters. The van der Waals surface area contributed by atoms with Crippen LogP contribution in [0.3, 0.4) is 0 Å². The zero-order chi connectivity index (χ0) is 13.4. The van der Waals surface area contributed by atoms with Gasteiger partial charge in [-0.1, -0.05) is 6.58 Å². The Kier molecular flexibility index (Phi) is 5.70. The van der Waals surface area contributed by atoms with Crippen LogP contribution in [-0.4, -0.2) is 18.5 Å². The van der Waals surface area contributed by atoms with Gasteiger partial charge in [-0.15, -0.1) is 0 Å². The minimum absolute atomic E-state index is 0.122. The van der Waals surface area contributed by atoms with Crippen molar-refractivity contribution in [3.63, 3.8) is 0 Å². The summed E-state index contributed by atoms with van der Waals surface area (Å²) >= 11 is 0. The van der Waals surface area contributed by atoms with Crippen molar-refractivity contribution in [3.05, 3.63) is 36.3 Å². The molecule has 0 saturated carbocycles. The molecule has 0 fully saturated rings. The summed E-state index contributed by atoms with van der Waals surface area (Å²) in [4.78, 5) is 22.3. The second-order valence-corrected chi connectivity index (χ2v) is 3.76. The van der Waals surface area contributed by atoms with Crippen molar-refractivity contribution in [2.24, 2.45) is 0 Å². The van der Waals surface area contributed by atoms with Gasteiger partial charge in [0.1, 0.15) is 12.4 Å². The Morgan fingerprint density at radius 3 is 2.78 bits per heavy atom. The van der Waals surface area contributed by atoms with Crippen molar-refractivity contribution in [3.8, 4) is 0 Å². The van der Waals surface area contributed by atoms with E-state index in [1.807, 2.05) is 0 Å². The lowest BCUT2D eigenvalue weighted by Crippen LogP contribution is -2.09. The highest BCUT2D eigenvalue weighted by atomic mass is 16.5. The molecule has 0 spiro atoms. The zero-order valence-electron chi connectivity index (χ0n) is 10.3. The van der Waals surface area contributed by atoms with Gasteiger partial charge in [0.15, 0.2) is 0 Å². The Morgan fingerprint density at radius 2 is 2.17 bits per heavy atom. The van der Waals surface area contributed by atoms with Crippen molar-refractivity contribution in [2.45, 2.75) is 26.4 Å². The highest BCUT2D eigenvalue weighted by Gasteiger charge is 2.06. The first-order valence-corrected chi connectivity index (χ1v) is 5.60. The summed E-state index contributed by atoms with van der Waals surface area (Å²) in [6.45, 7) is 5.32. The monoisotopic (exact) mass is 252 g/mol. The Bertz CT molecular complexity index is 405. The topological polar surface area (TPSA) is 65.7 Å². The van der Waals surface area contributed by atoms with E-state index in [2.05, 4.69) is 6.58 Å². The highest BCUT2D eigenvalue weighted by molar-refractivity contribution is 5.86. The molecule has 0 bridgehead atoms. The molecule has 5 nitrogen and oxygen atoms in total. The normalized spacial score (nSPS) is 9.83. The van der Waals surface area contributed by atoms with Crippen LogP contribution in [0.15, 0.2) is 35.0 Å². The minimum atomic E-state index is -0.445. The third kappa shape index (κ3) is 5.34. The van der Waals surface area contributed by atoms with E-state index in [1.165, 1.54) is 6.26 Å². The number of carbonyl (C=O) groups excluding carboxylic acids is 2. The molecule has 0 aliphatic heterocycles. The number of ether oxygens (including phenoxy) is 2. The minimum Gasteiger partial charge on any atom is -0.466 e. The van der Waals surface area contributed by atoms with Crippen molar-refractivity contribution < 1.29 is 23.5 Å². The molecular formula is C13H16O5. The molecule has 1 heterocycles. The molecule has 1 aromatic heterocycles. The maximum absolute atomic E-state index is 11.3. The number of hydrogen-bond donors (Lipinski definition) is 0. The number of hydrogen-bond acceptors (Lipinski definition) is 5. The number of carbonyl (C=O) groups is 2. The van der Waals surface area contributed by atoms with E-state index in [1.54, 1.807) is 19.1 Å². The summed E-state index contributed by atoms with van der Waals surface area (Å²) in [5.41, 5.74) is 0.343. The fraction of sp³-hybridized carbons (Fsp3) is 0.385. The fourth-order valence-electron chi connectivity index (χ4n) is 1.12. The van der Waals surface area contributed by atoms with Gasteiger partial charge < -0.3 is 13.9 Å². The largest absolute Gasteiger partial charge is 0.466 e. The summed E-state index contributed by atoms with van der Waals surface area (Å²) in [5.74, 6) is -0.200. The summed E-state index contributed by atoms with van der Waals surface area (Å²) in [6, 6.07) is 3.45. The molecule has 18 heavy (non-hydrogen) atoms. The molecule has 5 heteroatoms. The third-order valence-corrected chi connectivity index (χ3v) is 2.06. The van der Waals surface area contributed by atoms with Crippen LogP contribution in [0.5, 0.6) is 0 Å². The predicted octanol–water partition coefficient (Wildman–Crippen LogP) is 2.22. The van der Waals surface area contributed by atoms with E-state index in [-0.39, 0.29) is 25.6 Å². The lowest BCUT2D eigenvalue weighted by atomic mass is 10.3. The van der Waals surface area contributed by atoms with Gasteiger partial charge in [-0.05, 0) is 25.5 Å². The Balaban J connectivity index is 2.07. The van der Waals surface area contributed by atoms with Crippen LogP contribution in [-0.2, 0) is 25.7 Å². The Labute approximate surface area is 105 Å². The first kappa shape index (κ1) is 14.0. The molecule has 98 valence electrons. The highest BCUT2D eigenvalue weighted by Crippen LogP contribution is 2.04. The quantitative estimate of drug-likeness (QED) is 0.423. The van der Waals surface area contributed by atoms with Crippen molar-refractivity contribution in [2.75, 3.05) is 6.61 Å². The fourth-order valence-corrected chi connectivity index (χ4v) is 1.12. The average Bonchev–Trinajstić information content (AvgIpc) is 2.84. The van der Waals surface area contributed by atoms with Gasteiger partial charge in [-0.25, -0.2) is 4.79 Å². The Hall–Kier alpha value is -2.04. The number of furan rings is 1. The molecule has 0 aliphatic carbocycles. The van der Waals surface area contributed by atoms with Gasteiger partial charge in [-0.3, -0.25) is 4.79 Å². The van der Waals surface area contributed by atoms with Crippen LogP contribution in [0.4, 0.5) is 0 Å². The van der Waals surface area contributed by atoms with Gasteiger partial charge in [0.25, 0.3) is 0 Å². The SMILES string of the molecule is C=C(C)C(=O)OCCCC(=O)OCc1ccco1. The second-order valence-electron chi connectivity index (χ2n) is 3.76. The van der Waals surface area contributed by atoms with Crippen LogP contribution in [0.1, 0.15) is 25.5 Å². The number of esters is 2. The lowest BCUT2D eigenvalue weighted by molar-refractivity contribution is -0.147. The maximum atomic E-state index is 11.3. The smallest absolute Gasteiger partial charge is 0.333 e. The molecule has 0 aromatic carbocycles. The first-order valence-electron chi connectivity index (χ1n) is 5.60. The van der Waals surface area contributed by atoms with Gasteiger partial charge in [0.2, 0.25) is 0 Å². The third-order valence-electron chi connectivity index (χ3n) is 2.06. The molecule has 0 radical (unpaired) electrons. The second kappa shape index (κ2) is 7.32. The number of rotatable bonds is 7. The molecule has 0 amide bonds. The van der Waals surface area contributed by atoms with E-state index in [0.29, 0.717) is 17.8 Å². The summed E-state index contributed by atoms with van der Waals surface area (Å²) in [7, 11) is 0.